The molecule has 14 heavy (non-hydrogen) atoms. The van der Waals surface area contributed by atoms with Crippen LogP contribution in [0.3, 0.4) is 0 Å². The standard InChI is InChI=1S/C11H20N2O/c1-9-3-2-4-10(7-9)11(8-12)13-5-6-14/h9-11,13-14H,2-7H2,1H3. The first-order chi connectivity index (χ1) is 6.77. The van der Waals surface area contributed by atoms with Gasteiger partial charge in [0.05, 0.1) is 18.7 Å². The Morgan fingerprint density at radius 1 is 1.57 bits per heavy atom. The molecule has 0 saturated heterocycles. The van der Waals surface area contributed by atoms with Crippen LogP contribution in [0.5, 0.6) is 0 Å². The molecule has 3 atom stereocenters. The summed E-state index contributed by atoms with van der Waals surface area (Å²) < 4.78 is 0. The van der Waals surface area contributed by atoms with Gasteiger partial charge in [0.25, 0.3) is 0 Å². The monoisotopic (exact) mass is 196 g/mol. The normalized spacial score (nSPS) is 29.5. The molecule has 0 heterocycles. The van der Waals surface area contributed by atoms with Crippen molar-refractivity contribution in [3.8, 4) is 6.07 Å². The van der Waals surface area contributed by atoms with Crippen molar-refractivity contribution >= 4 is 0 Å². The van der Waals surface area contributed by atoms with E-state index in [1.54, 1.807) is 0 Å². The largest absolute Gasteiger partial charge is 0.395 e. The quantitative estimate of drug-likeness (QED) is 0.712. The second-order valence-corrected chi connectivity index (χ2v) is 4.32. The number of nitrogens with one attached hydrogen (secondary N) is 1. The Morgan fingerprint density at radius 3 is 2.93 bits per heavy atom. The molecule has 0 aromatic heterocycles. The molecule has 0 radical (unpaired) electrons. The summed E-state index contributed by atoms with van der Waals surface area (Å²) in [6.07, 6.45) is 4.84. The highest BCUT2D eigenvalue weighted by molar-refractivity contribution is 4.96. The number of nitrogens with zero attached hydrogens (tertiary/aromatic N) is 1. The topological polar surface area (TPSA) is 56.0 Å². The average Bonchev–Trinajstić information content (AvgIpc) is 2.19. The van der Waals surface area contributed by atoms with Gasteiger partial charge >= 0.3 is 0 Å². The predicted octanol–water partition coefficient (Wildman–Crippen LogP) is 1.29. The van der Waals surface area contributed by atoms with E-state index in [1.165, 1.54) is 12.8 Å². The minimum absolute atomic E-state index is 0.0649. The number of hydrogen-bond donors (Lipinski definition) is 2. The Hall–Kier alpha value is -0.590. The van der Waals surface area contributed by atoms with Crippen molar-refractivity contribution < 1.29 is 5.11 Å². The summed E-state index contributed by atoms with van der Waals surface area (Å²) in [6, 6.07) is 2.24. The third-order valence-electron chi connectivity index (χ3n) is 3.06. The van der Waals surface area contributed by atoms with Crippen molar-refractivity contribution in [2.75, 3.05) is 13.2 Å². The van der Waals surface area contributed by atoms with Gasteiger partial charge in [0.1, 0.15) is 0 Å². The van der Waals surface area contributed by atoms with Gasteiger partial charge in [0.2, 0.25) is 0 Å². The zero-order chi connectivity index (χ0) is 10.4. The Morgan fingerprint density at radius 2 is 2.36 bits per heavy atom. The second kappa shape index (κ2) is 6.00. The lowest BCUT2D eigenvalue weighted by Gasteiger charge is -2.30. The molecule has 1 fully saturated rings. The van der Waals surface area contributed by atoms with Crippen LogP contribution in [-0.4, -0.2) is 24.3 Å². The van der Waals surface area contributed by atoms with E-state index in [0.717, 1.165) is 18.8 Å². The van der Waals surface area contributed by atoms with Crippen molar-refractivity contribution in [3.05, 3.63) is 0 Å². The van der Waals surface area contributed by atoms with Gasteiger partial charge < -0.3 is 5.11 Å². The van der Waals surface area contributed by atoms with Crippen molar-refractivity contribution in [2.45, 2.75) is 38.6 Å². The molecule has 1 rings (SSSR count). The first-order valence-corrected chi connectivity index (χ1v) is 5.51. The highest BCUT2D eigenvalue weighted by Gasteiger charge is 2.25. The zero-order valence-corrected chi connectivity index (χ0v) is 8.87. The highest BCUT2D eigenvalue weighted by atomic mass is 16.3. The SMILES string of the molecule is CC1CCCC(C(C#N)NCCO)C1. The smallest absolute Gasteiger partial charge is 0.0982 e. The van der Waals surface area contributed by atoms with E-state index in [-0.39, 0.29) is 12.6 Å². The molecule has 1 aliphatic carbocycles. The highest BCUT2D eigenvalue weighted by Crippen LogP contribution is 2.30. The maximum atomic E-state index is 9.00. The van der Waals surface area contributed by atoms with E-state index < -0.39 is 0 Å². The third kappa shape index (κ3) is 3.28. The van der Waals surface area contributed by atoms with Crippen LogP contribution >= 0.6 is 0 Å². The van der Waals surface area contributed by atoms with E-state index in [9.17, 15) is 0 Å². The fourth-order valence-electron chi connectivity index (χ4n) is 2.32. The molecule has 3 heteroatoms. The van der Waals surface area contributed by atoms with Crippen LogP contribution in [0.25, 0.3) is 0 Å². The van der Waals surface area contributed by atoms with Crippen molar-refractivity contribution in [1.29, 1.82) is 5.26 Å². The van der Waals surface area contributed by atoms with Crippen LogP contribution in [-0.2, 0) is 0 Å². The third-order valence-corrected chi connectivity index (χ3v) is 3.06. The molecule has 1 aliphatic rings. The molecular weight excluding hydrogens is 176 g/mol. The summed E-state index contributed by atoms with van der Waals surface area (Å²) >= 11 is 0. The molecule has 0 aromatic rings. The molecule has 3 unspecified atom stereocenters. The van der Waals surface area contributed by atoms with Crippen LogP contribution in [0, 0.1) is 23.2 Å². The maximum absolute atomic E-state index is 9.00. The minimum atomic E-state index is -0.0649. The van der Waals surface area contributed by atoms with Crippen LogP contribution in [0.15, 0.2) is 0 Å². The Balaban J connectivity index is 2.39. The van der Waals surface area contributed by atoms with Gasteiger partial charge in [-0.25, -0.2) is 0 Å². The average molecular weight is 196 g/mol. The first-order valence-electron chi connectivity index (χ1n) is 5.51. The lowest BCUT2D eigenvalue weighted by atomic mass is 9.79. The molecule has 1 saturated carbocycles. The summed E-state index contributed by atoms with van der Waals surface area (Å²) in [7, 11) is 0. The molecule has 0 bridgehead atoms. The number of aliphatic hydroxyl groups excluding tert-OH is 1. The van der Waals surface area contributed by atoms with E-state index >= 15 is 0 Å². The van der Waals surface area contributed by atoms with E-state index in [4.69, 9.17) is 10.4 Å². The summed E-state index contributed by atoms with van der Waals surface area (Å²) in [4.78, 5) is 0. The molecule has 80 valence electrons. The van der Waals surface area contributed by atoms with E-state index in [1.807, 2.05) is 0 Å². The molecule has 0 amide bonds. The Kier molecular flexibility index (Phi) is 4.92. The van der Waals surface area contributed by atoms with Gasteiger partial charge in [-0.05, 0) is 24.7 Å². The van der Waals surface area contributed by atoms with Gasteiger partial charge in [-0.3, -0.25) is 5.32 Å². The summed E-state index contributed by atoms with van der Waals surface area (Å²) in [5, 5.41) is 20.8. The number of rotatable bonds is 4. The molecule has 3 nitrogen and oxygen atoms in total. The summed E-state index contributed by atoms with van der Waals surface area (Å²) in [5.41, 5.74) is 0. The van der Waals surface area contributed by atoms with Gasteiger partial charge in [-0.15, -0.1) is 0 Å². The second-order valence-electron chi connectivity index (χ2n) is 4.32. The first kappa shape index (κ1) is 11.5. The zero-order valence-electron chi connectivity index (χ0n) is 8.87. The number of nitriles is 1. The lowest BCUT2D eigenvalue weighted by Crippen LogP contribution is -2.38. The fraction of sp³-hybridized carbons (Fsp3) is 0.909. The molecule has 0 aromatic carbocycles. The minimum Gasteiger partial charge on any atom is -0.395 e. The summed E-state index contributed by atoms with van der Waals surface area (Å²) in [6.45, 7) is 2.90. The van der Waals surface area contributed by atoms with Crippen LogP contribution in [0.2, 0.25) is 0 Å². The van der Waals surface area contributed by atoms with Crippen molar-refractivity contribution in [1.82, 2.24) is 5.32 Å². The number of aliphatic hydroxyl groups is 1. The predicted molar refractivity (Wildman–Crippen MR) is 55.6 cm³/mol. The van der Waals surface area contributed by atoms with Crippen molar-refractivity contribution in [3.63, 3.8) is 0 Å². The lowest BCUT2D eigenvalue weighted by molar-refractivity contribution is 0.232. The van der Waals surface area contributed by atoms with Crippen molar-refractivity contribution in [2.24, 2.45) is 11.8 Å². The van der Waals surface area contributed by atoms with Crippen LogP contribution < -0.4 is 5.32 Å². The summed E-state index contributed by atoms with van der Waals surface area (Å²) in [5.74, 6) is 1.23. The van der Waals surface area contributed by atoms with E-state index in [0.29, 0.717) is 12.5 Å². The van der Waals surface area contributed by atoms with Gasteiger partial charge in [0.15, 0.2) is 0 Å². The van der Waals surface area contributed by atoms with Gasteiger partial charge in [0, 0.05) is 6.54 Å². The van der Waals surface area contributed by atoms with E-state index in [2.05, 4.69) is 18.3 Å². The molecule has 2 N–H and O–H groups in total. The fourth-order valence-corrected chi connectivity index (χ4v) is 2.32. The molecular formula is C11H20N2O. The maximum Gasteiger partial charge on any atom is 0.0982 e. The van der Waals surface area contributed by atoms with Crippen LogP contribution in [0.1, 0.15) is 32.6 Å². The Bertz CT molecular complexity index is 200. The molecule has 0 aliphatic heterocycles. The molecule has 0 spiro atoms. The Labute approximate surface area is 86.1 Å². The van der Waals surface area contributed by atoms with Gasteiger partial charge in [-0.1, -0.05) is 19.8 Å². The van der Waals surface area contributed by atoms with Crippen LogP contribution in [0.4, 0.5) is 0 Å². The number of hydrogen-bond acceptors (Lipinski definition) is 3. The van der Waals surface area contributed by atoms with Gasteiger partial charge in [-0.2, -0.15) is 5.26 Å².